The van der Waals surface area contributed by atoms with E-state index in [2.05, 4.69) is 35.8 Å². The average molecular weight is 525 g/mol. The number of hydrogen-bond donors (Lipinski definition) is 0. The molecule has 0 aromatic heterocycles. The molecule has 0 radical (unpaired) electrons. The second-order valence-electron chi connectivity index (χ2n) is 11.2. The van der Waals surface area contributed by atoms with Crippen molar-refractivity contribution in [2.45, 2.75) is 26.3 Å². The van der Waals surface area contributed by atoms with Crippen molar-refractivity contribution < 1.29 is 21.6 Å². The summed E-state index contributed by atoms with van der Waals surface area (Å²) in [5, 5.41) is 0. The highest BCUT2D eigenvalue weighted by Crippen LogP contribution is 2.44. The number of piperidine rings is 1. The number of benzene rings is 1. The monoisotopic (exact) mass is 524 g/mol. The summed E-state index contributed by atoms with van der Waals surface area (Å²) in [6, 6.07) is 8.45. The molecule has 1 aromatic carbocycles. The van der Waals surface area contributed by atoms with Gasteiger partial charge in [0.25, 0.3) is 0 Å². The normalized spacial score (nSPS) is 29.7. The highest BCUT2D eigenvalue weighted by molar-refractivity contribution is 7.91. The Morgan fingerprint density at radius 1 is 0.829 bits per heavy atom. The van der Waals surface area contributed by atoms with Gasteiger partial charge in [-0.2, -0.15) is 0 Å². The van der Waals surface area contributed by atoms with Gasteiger partial charge in [-0.05, 0) is 36.0 Å². The van der Waals surface area contributed by atoms with Crippen molar-refractivity contribution in [2.75, 3.05) is 78.6 Å². The maximum absolute atomic E-state index is 13.4. The van der Waals surface area contributed by atoms with Gasteiger partial charge in [0.15, 0.2) is 19.7 Å². The van der Waals surface area contributed by atoms with Gasteiger partial charge in [-0.1, -0.05) is 19.9 Å². The molecule has 5 fully saturated rings. The first-order valence-electron chi connectivity index (χ1n) is 12.5. The van der Waals surface area contributed by atoms with E-state index in [0.29, 0.717) is 32.1 Å². The molecule has 5 heterocycles. The Kier molecular flexibility index (Phi) is 6.22. The first-order chi connectivity index (χ1) is 16.4. The minimum Gasteiger partial charge on any atom is -0.369 e. The van der Waals surface area contributed by atoms with E-state index in [1.54, 1.807) is 4.90 Å². The number of carbonyl (C=O) groups excluding carboxylic acids is 1. The largest absolute Gasteiger partial charge is 0.369 e. The second kappa shape index (κ2) is 8.83. The van der Waals surface area contributed by atoms with Crippen LogP contribution in [0.25, 0.3) is 0 Å². The highest BCUT2D eigenvalue weighted by atomic mass is 32.2. The molecule has 5 aliphatic rings. The quantitative estimate of drug-likeness (QED) is 0.575. The summed E-state index contributed by atoms with van der Waals surface area (Å²) in [5.41, 5.74) is 2.16. The summed E-state index contributed by atoms with van der Waals surface area (Å²) in [7, 11) is -5.98. The Morgan fingerprint density at radius 3 is 2.09 bits per heavy atom. The van der Waals surface area contributed by atoms with Crippen molar-refractivity contribution in [1.29, 1.82) is 0 Å². The van der Waals surface area contributed by atoms with Gasteiger partial charge in [-0.3, -0.25) is 0 Å². The molecular formula is C24H36N4O5S2. The number of sulfone groups is 2. The van der Waals surface area contributed by atoms with Crippen molar-refractivity contribution in [1.82, 2.24) is 9.80 Å². The van der Waals surface area contributed by atoms with Crippen LogP contribution in [0.4, 0.5) is 16.2 Å². The van der Waals surface area contributed by atoms with Crippen LogP contribution in [0.3, 0.4) is 0 Å². The fraction of sp³-hybridized carbons (Fsp3) is 0.708. The van der Waals surface area contributed by atoms with E-state index >= 15 is 0 Å². The van der Waals surface area contributed by atoms with Crippen LogP contribution in [0.1, 0.15) is 20.3 Å². The molecule has 5 aliphatic heterocycles. The Labute approximate surface area is 208 Å². The zero-order valence-electron chi connectivity index (χ0n) is 20.6. The van der Waals surface area contributed by atoms with E-state index in [4.69, 9.17) is 0 Å². The topological polar surface area (TPSA) is 98.3 Å². The van der Waals surface area contributed by atoms with Crippen LogP contribution in [0.15, 0.2) is 24.3 Å². The number of carbonyl (C=O) groups is 1. The third kappa shape index (κ3) is 5.12. The summed E-state index contributed by atoms with van der Waals surface area (Å²) < 4.78 is 47.4. The minimum atomic E-state index is -3.04. The molecule has 5 saturated heterocycles. The van der Waals surface area contributed by atoms with E-state index in [9.17, 15) is 21.6 Å². The lowest BCUT2D eigenvalue weighted by atomic mass is 9.73. The maximum atomic E-state index is 13.4. The van der Waals surface area contributed by atoms with Crippen molar-refractivity contribution >= 4 is 37.1 Å². The molecule has 194 valence electrons. The number of nitrogens with zero attached hydrogens (tertiary/aromatic N) is 4. The van der Waals surface area contributed by atoms with Crippen molar-refractivity contribution in [3.8, 4) is 0 Å². The molecule has 0 N–H and O–H groups in total. The Bertz CT molecular complexity index is 1170. The standard InChI is InChI=1S/C24H36N4O5S2/c1-24(2)15-19-16-27(23(29)26-8-12-35(32,33)13-9-26)18-22(24)28(17-19)21-5-3-4-20(14-21)25-6-10-34(30,31)11-7-25/h3-5,14,19,22H,6-13,15-18H2,1-2H3. The summed E-state index contributed by atoms with van der Waals surface area (Å²) in [6.45, 7) is 8.27. The molecule has 6 rings (SSSR count). The van der Waals surface area contributed by atoms with Gasteiger partial charge in [0.1, 0.15) is 0 Å². The van der Waals surface area contributed by atoms with Gasteiger partial charge in [-0.25, -0.2) is 21.6 Å². The van der Waals surface area contributed by atoms with E-state index in [-0.39, 0.29) is 53.6 Å². The number of anilines is 2. The Hall–Kier alpha value is -2.01. The van der Waals surface area contributed by atoms with Gasteiger partial charge in [-0.15, -0.1) is 0 Å². The summed E-state index contributed by atoms with van der Waals surface area (Å²) in [5.74, 6) is 0.787. The van der Waals surface area contributed by atoms with Crippen molar-refractivity contribution in [2.24, 2.45) is 11.3 Å². The van der Waals surface area contributed by atoms with Gasteiger partial charge in [0, 0.05) is 57.2 Å². The Morgan fingerprint density at radius 2 is 1.43 bits per heavy atom. The first kappa shape index (κ1) is 24.7. The number of amides is 2. The molecule has 1 aromatic rings. The predicted octanol–water partition coefficient (Wildman–Crippen LogP) is 1.31. The smallest absolute Gasteiger partial charge is 0.320 e. The van der Waals surface area contributed by atoms with Gasteiger partial charge in [0.05, 0.1) is 29.1 Å². The molecule has 2 atom stereocenters. The molecule has 9 nitrogen and oxygen atoms in total. The summed E-state index contributed by atoms with van der Waals surface area (Å²) in [4.78, 5) is 21.6. The summed E-state index contributed by atoms with van der Waals surface area (Å²) >= 11 is 0. The molecule has 2 unspecified atom stereocenters. The lowest BCUT2D eigenvalue weighted by molar-refractivity contribution is 0.153. The molecule has 2 amide bonds. The molecule has 0 aliphatic carbocycles. The zero-order valence-corrected chi connectivity index (χ0v) is 22.2. The van der Waals surface area contributed by atoms with Crippen LogP contribution in [0, 0.1) is 11.3 Å². The van der Waals surface area contributed by atoms with E-state index in [0.717, 1.165) is 24.3 Å². The van der Waals surface area contributed by atoms with Crippen LogP contribution in [0.5, 0.6) is 0 Å². The third-order valence-corrected chi connectivity index (χ3v) is 11.4. The van der Waals surface area contributed by atoms with E-state index in [1.807, 2.05) is 17.0 Å². The van der Waals surface area contributed by atoms with Crippen LogP contribution < -0.4 is 9.80 Å². The first-order valence-corrected chi connectivity index (χ1v) is 16.1. The van der Waals surface area contributed by atoms with Crippen molar-refractivity contribution in [3.63, 3.8) is 0 Å². The van der Waals surface area contributed by atoms with Gasteiger partial charge >= 0.3 is 6.03 Å². The Balaban J connectivity index is 1.36. The van der Waals surface area contributed by atoms with E-state index in [1.165, 1.54) is 0 Å². The minimum absolute atomic E-state index is 0.0123. The second-order valence-corrected chi connectivity index (χ2v) is 15.8. The number of rotatable bonds is 2. The average Bonchev–Trinajstić information content (AvgIpc) is 3.06. The van der Waals surface area contributed by atoms with Crippen LogP contribution in [-0.4, -0.2) is 108 Å². The molecule has 35 heavy (non-hydrogen) atoms. The lowest BCUT2D eigenvalue weighted by Crippen LogP contribution is -2.55. The third-order valence-electron chi connectivity index (χ3n) is 8.18. The van der Waals surface area contributed by atoms with Crippen molar-refractivity contribution in [3.05, 3.63) is 24.3 Å². The van der Waals surface area contributed by atoms with Gasteiger partial charge < -0.3 is 19.6 Å². The number of hydrogen-bond acceptors (Lipinski definition) is 7. The maximum Gasteiger partial charge on any atom is 0.320 e. The molecule has 2 bridgehead atoms. The van der Waals surface area contributed by atoms with Crippen LogP contribution >= 0.6 is 0 Å². The summed E-state index contributed by atoms with van der Waals surface area (Å²) in [6.07, 6.45) is 1.04. The molecular weight excluding hydrogens is 488 g/mol. The van der Waals surface area contributed by atoms with Gasteiger partial charge in [0.2, 0.25) is 0 Å². The zero-order chi connectivity index (χ0) is 25.0. The fourth-order valence-corrected chi connectivity index (χ4v) is 8.62. The molecule has 11 heteroatoms. The number of urea groups is 1. The highest BCUT2D eigenvalue weighted by Gasteiger charge is 2.47. The molecule has 0 spiro atoms. The lowest BCUT2D eigenvalue weighted by Gasteiger charge is -2.48. The number of fused-ring (bicyclic) bond motifs is 4. The predicted molar refractivity (Wildman–Crippen MR) is 138 cm³/mol. The van der Waals surface area contributed by atoms with Crippen LogP contribution in [-0.2, 0) is 19.7 Å². The van der Waals surface area contributed by atoms with Crippen LogP contribution in [0.2, 0.25) is 0 Å². The fourth-order valence-electron chi connectivity index (χ4n) is 6.22. The van der Waals surface area contributed by atoms with E-state index < -0.39 is 19.7 Å². The SMILES string of the molecule is CC1(C)CC2CN(C(=O)N3CCS(=O)(=O)CC3)CC1N(c1cccc(N3CCS(=O)(=O)CC3)c1)C2. The molecule has 0 saturated carbocycles.